The number of ether oxygens (including phenoxy) is 1. The van der Waals surface area contributed by atoms with Gasteiger partial charge in [0.05, 0.1) is 41.6 Å². The van der Waals surface area contributed by atoms with Crippen molar-refractivity contribution in [2.24, 2.45) is 18.7 Å². The summed E-state index contributed by atoms with van der Waals surface area (Å²) in [5, 5.41) is 0.870. The number of piperidine rings is 1. The summed E-state index contributed by atoms with van der Waals surface area (Å²) in [5.74, 6) is 0.795. The molecule has 2 aliphatic rings. The average molecular weight is 653 g/mol. The number of alkyl halides is 1. The Balaban J connectivity index is 1.27. The number of pyridine rings is 1. The summed E-state index contributed by atoms with van der Waals surface area (Å²) in [5.41, 5.74) is 10.8. The Bertz CT molecular complexity index is 2330. The number of nitrogens with zero attached hydrogens (tertiary/aromatic N) is 6. The van der Waals surface area contributed by atoms with Gasteiger partial charge in [0.15, 0.2) is 5.82 Å². The van der Waals surface area contributed by atoms with Gasteiger partial charge in [-0.05, 0) is 68.5 Å². The van der Waals surface area contributed by atoms with E-state index in [1.54, 1.807) is 26.2 Å². The maximum absolute atomic E-state index is 14.8. The smallest absolute Gasteiger partial charge is 0.269 e. The number of fused-ring (bicyclic) bond motifs is 3. The van der Waals surface area contributed by atoms with Crippen LogP contribution in [0.5, 0.6) is 5.75 Å². The number of imidazole rings is 1. The number of benzene rings is 2. The van der Waals surface area contributed by atoms with E-state index >= 15 is 0 Å². The number of aromatic amines is 1. The molecule has 246 valence electrons. The van der Waals surface area contributed by atoms with Crippen molar-refractivity contribution in [1.29, 1.82) is 0 Å². The zero-order valence-electron chi connectivity index (χ0n) is 26.8. The van der Waals surface area contributed by atoms with E-state index < -0.39 is 18.0 Å². The molecule has 0 unspecified atom stereocenters. The van der Waals surface area contributed by atoms with Crippen LogP contribution in [0.1, 0.15) is 35.3 Å². The molecule has 4 aromatic heterocycles. The number of nitrogens with one attached hydrogen (secondary N) is 1. The zero-order valence-corrected chi connectivity index (χ0v) is 26.8. The number of aryl methyl sites for hydroxylation is 2. The topological polar surface area (TPSA) is 137 Å². The second-order valence-corrected chi connectivity index (χ2v) is 13.0. The minimum atomic E-state index is -1.17. The van der Waals surface area contributed by atoms with Gasteiger partial charge in [-0.15, -0.1) is 0 Å². The van der Waals surface area contributed by atoms with Gasteiger partial charge >= 0.3 is 0 Å². The van der Waals surface area contributed by atoms with Gasteiger partial charge in [-0.1, -0.05) is 0 Å². The van der Waals surface area contributed by atoms with Crippen molar-refractivity contribution >= 4 is 39.0 Å². The first-order chi connectivity index (χ1) is 23.1. The molecule has 1 saturated carbocycles. The number of likely N-dealkylation sites (tertiary alicyclic amines) is 1. The van der Waals surface area contributed by atoms with Crippen LogP contribution in [0.2, 0.25) is 0 Å². The summed E-state index contributed by atoms with van der Waals surface area (Å²) in [6.07, 6.45) is 1.26. The van der Waals surface area contributed by atoms with Gasteiger partial charge in [0.1, 0.15) is 34.6 Å². The summed E-state index contributed by atoms with van der Waals surface area (Å²) >= 11 is 0. The van der Waals surface area contributed by atoms with Crippen LogP contribution in [0.15, 0.2) is 47.3 Å². The molecule has 0 radical (unpaired) electrons. The lowest BCUT2D eigenvalue weighted by Crippen LogP contribution is -2.50. The number of H-pyrrole nitrogens is 1. The molecule has 1 aliphatic heterocycles. The standard InChI is InChI=1S/C35H34F2N8O3/c1-17-34(46)42-30-24(12-21(36)13-26(30)39-17)25-7-6-19-9-28(45(32(19)40-25)14-18-4-5-18)33-41-27-8-20(10-29(48-3)31(27)43(33)2)35(47)44-15-22(37)11-23(38)16-44/h6-10,12-13,18,22-23H,4-5,11,14-16,38H2,1-3H3,(H,42,46)/t22-,23-/m1/s1. The predicted octanol–water partition coefficient (Wildman–Crippen LogP) is 4.87. The van der Waals surface area contributed by atoms with E-state index in [-0.39, 0.29) is 36.7 Å². The summed E-state index contributed by atoms with van der Waals surface area (Å²) in [6, 6.07) is 11.4. The fourth-order valence-corrected chi connectivity index (χ4v) is 6.90. The molecule has 2 fully saturated rings. The van der Waals surface area contributed by atoms with Crippen LogP contribution >= 0.6 is 0 Å². The van der Waals surface area contributed by atoms with Crippen molar-refractivity contribution in [3.8, 4) is 28.5 Å². The number of nitrogens with two attached hydrogens (primary N) is 1. The van der Waals surface area contributed by atoms with Crippen LogP contribution in [0.3, 0.4) is 0 Å². The molecule has 5 heterocycles. The Labute approximate surface area is 273 Å². The number of rotatable bonds is 6. The van der Waals surface area contributed by atoms with Gasteiger partial charge in [-0.2, -0.15) is 0 Å². The highest BCUT2D eigenvalue weighted by molar-refractivity contribution is 6.00. The summed E-state index contributed by atoms with van der Waals surface area (Å²) < 4.78 is 38.9. The molecule has 1 saturated heterocycles. The Morgan fingerprint density at radius 2 is 1.90 bits per heavy atom. The molecule has 48 heavy (non-hydrogen) atoms. The van der Waals surface area contributed by atoms with Gasteiger partial charge in [-0.25, -0.2) is 23.7 Å². The lowest BCUT2D eigenvalue weighted by molar-refractivity contribution is 0.0606. The lowest BCUT2D eigenvalue weighted by atomic mass is 10.0. The van der Waals surface area contributed by atoms with Crippen LogP contribution in [0, 0.1) is 18.7 Å². The SMILES string of the molecule is COc1cc(C(=O)N2C[C@H](N)C[C@@H](F)C2)cc2nc(-c3cc4ccc(-c5cc(F)cc6nc(C)c(=O)[nH]c56)nc4n3CC3CC3)n(C)c12. The normalized spacial score (nSPS) is 18.3. The monoisotopic (exact) mass is 652 g/mol. The molecule has 0 spiro atoms. The first-order valence-corrected chi connectivity index (χ1v) is 16.0. The third-order valence-corrected chi connectivity index (χ3v) is 9.44. The quantitative estimate of drug-likeness (QED) is 0.262. The lowest BCUT2D eigenvalue weighted by Gasteiger charge is -2.33. The number of hydrogen-bond acceptors (Lipinski definition) is 7. The van der Waals surface area contributed by atoms with E-state index in [4.69, 9.17) is 20.4 Å². The van der Waals surface area contributed by atoms with Crippen LogP contribution in [-0.2, 0) is 13.6 Å². The second kappa shape index (κ2) is 11.2. The third kappa shape index (κ3) is 5.09. The van der Waals surface area contributed by atoms with Crippen LogP contribution in [-0.4, -0.2) is 72.3 Å². The molecular weight excluding hydrogens is 618 g/mol. The molecule has 2 aromatic carbocycles. The van der Waals surface area contributed by atoms with Crippen molar-refractivity contribution < 1.29 is 18.3 Å². The molecule has 0 bridgehead atoms. The van der Waals surface area contributed by atoms with E-state index in [0.29, 0.717) is 68.6 Å². The summed E-state index contributed by atoms with van der Waals surface area (Å²) in [7, 11) is 3.44. The number of halogens is 2. The molecule has 8 rings (SSSR count). The third-order valence-electron chi connectivity index (χ3n) is 9.44. The Hall–Kier alpha value is -5.17. The van der Waals surface area contributed by atoms with E-state index in [9.17, 15) is 18.4 Å². The van der Waals surface area contributed by atoms with Crippen molar-refractivity contribution in [3.05, 3.63) is 69.9 Å². The first kappa shape index (κ1) is 30.2. The van der Waals surface area contributed by atoms with Crippen LogP contribution in [0.4, 0.5) is 8.78 Å². The average Bonchev–Trinajstić information content (AvgIpc) is 3.73. The fourth-order valence-electron chi connectivity index (χ4n) is 6.90. The Morgan fingerprint density at radius 1 is 1.08 bits per heavy atom. The predicted molar refractivity (Wildman–Crippen MR) is 178 cm³/mol. The number of hydrogen-bond donors (Lipinski definition) is 2. The molecule has 13 heteroatoms. The first-order valence-electron chi connectivity index (χ1n) is 16.0. The molecular formula is C35H34F2N8O3. The summed E-state index contributed by atoms with van der Waals surface area (Å²) in [6.45, 7) is 2.57. The number of carbonyl (C=O) groups excluding carboxylic acids is 1. The number of carbonyl (C=O) groups is 1. The Morgan fingerprint density at radius 3 is 2.65 bits per heavy atom. The highest BCUT2D eigenvalue weighted by atomic mass is 19.1. The summed E-state index contributed by atoms with van der Waals surface area (Å²) in [4.78, 5) is 44.6. The van der Waals surface area contributed by atoms with E-state index in [1.165, 1.54) is 17.0 Å². The van der Waals surface area contributed by atoms with Gasteiger partial charge in [0.25, 0.3) is 11.5 Å². The molecule has 6 aromatic rings. The molecule has 11 nitrogen and oxygen atoms in total. The highest BCUT2D eigenvalue weighted by Gasteiger charge is 2.31. The van der Waals surface area contributed by atoms with Crippen molar-refractivity contribution in [3.63, 3.8) is 0 Å². The van der Waals surface area contributed by atoms with Crippen molar-refractivity contribution in [2.75, 3.05) is 20.2 Å². The van der Waals surface area contributed by atoms with Gasteiger partial charge in [0, 0.05) is 48.8 Å². The van der Waals surface area contributed by atoms with Crippen molar-refractivity contribution in [2.45, 2.75) is 44.9 Å². The van der Waals surface area contributed by atoms with E-state index in [1.807, 2.05) is 29.8 Å². The second-order valence-electron chi connectivity index (χ2n) is 13.0. The largest absolute Gasteiger partial charge is 0.494 e. The maximum Gasteiger partial charge on any atom is 0.269 e. The Kier molecular flexibility index (Phi) is 7.06. The number of aromatic nitrogens is 6. The van der Waals surface area contributed by atoms with Crippen molar-refractivity contribution in [1.82, 2.24) is 34.0 Å². The van der Waals surface area contributed by atoms with Gasteiger partial charge in [0.2, 0.25) is 0 Å². The zero-order chi connectivity index (χ0) is 33.4. The van der Waals surface area contributed by atoms with Gasteiger partial charge in [-0.3, -0.25) is 9.59 Å². The number of amides is 1. The minimum absolute atomic E-state index is 0.00569. The minimum Gasteiger partial charge on any atom is -0.494 e. The van der Waals surface area contributed by atoms with E-state index in [0.717, 1.165) is 23.9 Å². The van der Waals surface area contributed by atoms with Crippen LogP contribution < -0.4 is 16.0 Å². The van der Waals surface area contributed by atoms with Crippen LogP contribution in [0.25, 0.3) is 55.9 Å². The van der Waals surface area contributed by atoms with E-state index in [2.05, 4.69) is 14.5 Å². The fraction of sp³-hybridized carbons (Fsp3) is 0.343. The molecule has 1 amide bonds. The number of methoxy groups -OCH3 is 1. The molecule has 2 atom stereocenters. The highest BCUT2D eigenvalue weighted by Crippen LogP contribution is 2.38. The molecule has 1 aliphatic carbocycles. The maximum atomic E-state index is 14.8. The molecule has 3 N–H and O–H groups in total. The van der Waals surface area contributed by atoms with Gasteiger partial charge < -0.3 is 29.5 Å².